The molecule has 9 nitrogen and oxygen atoms in total. The van der Waals surface area contributed by atoms with Crippen molar-refractivity contribution in [3.63, 3.8) is 0 Å². The molecule has 0 aliphatic carbocycles. The lowest BCUT2D eigenvalue weighted by atomic mass is 9.95. The monoisotopic (exact) mass is 411 g/mol. The molecule has 0 radical (unpaired) electrons. The van der Waals surface area contributed by atoms with E-state index < -0.39 is 17.7 Å². The summed E-state index contributed by atoms with van der Waals surface area (Å²) in [5, 5.41) is 18.0. The SMILES string of the molecule is Cc1n[nH]c(C)c1/C(O)=C1\C(=O)C(=O)N(CCN2CCOCC2)[C@@H]1c1cccnc1. The molecule has 0 aromatic carbocycles. The molecule has 2 saturated heterocycles. The summed E-state index contributed by atoms with van der Waals surface area (Å²) in [4.78, 5) is 33.9. The lowest BCUT2D eigenvalue weighted by Crippen LogP contribution is -2.42. The number of aromatic amines is 1. The lowest BCUT2D eigenvalue weighted by Gasteiger charge is -2.30. The number of carbonyl (C=O) groups excluding carboxylic acids is 2. The van der Waals surface area contributed by atoms with Gasteiger partial charge in [0.05, 0.1) is 36.1 Å². The van der Waals surface area contributed by atoms with Crippen molar-refractivity contribution in [3.8, 4) is 0 Å². The molecular weight excluding hydrogens is 386 g/mol. The Morgan fingerprint density at radius 1 is 1.27 bits per heavy atom. The van der Waals surface area contributed by atoms with E-state index in [0.717, 1.165) is 13.1 Å². The Bertz CT molecular complexity index is 959. The fourth-order valence-electron chi connectivity index (χ4n) is 4.10. The van der Waals surface area contributed by atoms with E-state index in [2.05, 4.69) is 20.1 Å². The first-order valence-corrected chi connectivity index (χ1v) is 9.99. The summed E-state index contributed by atoms with van der Waals surface area (Å²) < 4.78 is 5.38. The molecule has 2 aliphatic rings. The molecule has 0 saturated carbocycles. The number of carbonyl (C=O) groups is 2. The summed E-state index contributed by atoms with van der Waals surface area (Å²) in [5.74, 6) is -1.51. The summed E-state index contributed by atoms with van der Waals surface area (Å²) in [6.45, 7) is 7.38. The number of pyridine rings is 1. The number of aliphatic hydroxyl groups is 1. The average Bonchev–Trinajstić information content (AvgIpc) is 3.23. The third-order valence-corrected chi connectivity index (χ3v) is 5.67. The third kappa shape index (κ3) is 3.61. The molecule has 2 aromatic heterocycles. The van der Waals surface area contributed by atoms with Crippen LogP contribution in [-0.2, 0) is 14.3 Å². The van der Waals surface area contributed by atoms with E-state index in [1.54, 1.807) is 32.3 Å². The number of ether oxygens (including phenoxy) is 1. The Morgan fingerprint density at radius 3 is 2.67 bits per heavy atom. The highest BCUT2D eigenvalue weighted by atomic mass is 16.5. The van der Waals surface area contributed by atoms with Crippen molar-refractivity contribution in [1.29, 1.82) is 0 Å². The summed E-state index contributed by atoms with van der Waals surface area (Å²) in [7, 11) is 0. The molecule has 0 bridgehead atoms. The number of ketones is 1. The number of aromatic nitrogens is 3. The first-order valence-electron chi connectivity index (χ1n) is 9.99. The van der Waals surface area contributed by atoms with E-state index in [1.807, 2.05) is 6.07 Å². The third-order valence-electron chi connectivity index (χ3n) is 5.67. The average molecular weight is 411 g/mol. The Morgan fingerprint density at radius 2 is 2.03 bits per heavy atom. The van der Waals surface area contributed by atoms with Crippen LogP contribution in [0.4, 0.5) is 0 Å². The lowest BCUT2D eigenvalue weighted by molar-refractivity contribution is -0.140. The van der Waals surface area contributed by atoms with Gasteiger partial charge in [-0.2, -0.15) is 5.10 Å². The van der Waals surface area contributed by atoms with Crippen molar-refractivity contribution in [2.24, 2.45) is 0 Å². The van der Waals surface area contributed by atoms with Gasteiger partial charge in [0.1, 0.15) is 5.76 Å². The van der Waals surface area contributed by atoms with Crippen molar-refractivity contribution < 1.29 is 19.4 Å². The predicted molar refractivity (Wildman–Crippen MR) is 109 cm³/mol. The minimum Gasteiger partial charge on any atom is -0.507 e. The molecule has 30 heavy (non-hydrogen) atoms. The molecular formula is C21H25N5O4. The number of likely N-dealkylation sites (tertiary alicyclic amines) is 1. The van der Waals surface area contributed by atoms with Gasteiger partial charge in [-0.25, -0.2) is 0 Å². The highest BCUT2D eigenvalue weighted by Gasteiger charge is 2.46. The quantitative estimate of drug-likeness (QED) is 0.432. The molecule has 4 rings (SSSR count). The van der Waals surface area contributed by atoms with Crippen LogP contribution in [0.3, 0.4) is 0 Å². The van der Waals surface area contributed by atoms with Crippen molar-refractivity contribution in [1.82, 2.24) is 25.0 Å². The first-order chi connectivity index (χ1) is 14.5. The van der Waals surface area contributed by atoms with Crippen molar-refractivity contribution in [2.75, 3.05) is 39.4 Å². The second kappa shape index (κ2) is 8.37. The van der Waals surface area contributed by atoms with Gasteiger partial charge in [-0.1, -0.05) is 6.07 Å². The van der Waals surface area contributed by atoms with Crippen molar-refractivity contribution >= 4 is 17.4 Å². The number of aliphatic hydroxyl groups excluding tert-OH is 1. The van der Waals surface area contributed by atoms with Gasteiger partial charge in [0.25, 0.3) is 11.7 Å². The standard InChI is InChI=1S/C21H25N5O4/c1-13-16(14(2)24-23-13)19(27)17-18(15-4-3-5-22-12-15)26(21(29)20(17)28)7-6-25-8-10-30-11-9-25/h3-5,12,18,27H,6-11H2,1-2H3,(H,23,24)/b19-17+/t18-/m1/s1. The number of hydrogen-bond donors (Lipinski definition) is 2. The number of morpholine rings is 1. The van der Waals surface area contributed by atoms with Gasteiger partial charge >= 0.3 is 0 Å². The van der Waals surface area contributed by atoms with Crippen molar-refractivity contribution in [2.45, 2.75) is 19.9 Å². The number of hydrogen-bond acceptors (Lipinski definition) is 7. The molecule has 2 fully saturated rings. The number of nitrogens with zero attached hydrogens (tertiary/aromatic N) is 4. The summed E-state index contributed by atoms with van der Waals surface area (Å²) in [5.41, 5.74) is 2.40. The zero-order chi connectivity index (χ0) is 21.3. The molecule has 9 heteroatoms. The zero-order valence-electron chi connectivity index (χ0n) is 17.1. The maximum absolute atomic E-state index is 13.0. The van der Waals surface area contributed by atoms with Crippen LogP contribution in [0.25, 0.3) is 5.76 Å². The van der Waals surface area contributed by atoms with Gasteiger partial charge in [0.2, 0.25) is 0 Å². The van der Waals surface area contributed by atoms with Crippen LogP contribution < -0.4 is 0 Å². The molecule has 4 heterocycles. The van der Waals surface area contributed by atoms with E-state index in [9.17, 15) is 14.7 Å². The number of rotatable bonds is 5. The highest BCUT2D eigenvalue weighted by molar-refractivity contribution is 6.46. The first kappa shape index (κ1) is 20.2. The van der Waals surface area contributed by atoms with Gasteiger partial charge in [0, 0.05) is 44.3 Å². The maximum Gasteiger partial charge on any atom is 0.295 e. The predicted octanol–water partition coefficient (Wildman–Crippen LogP) is 1.18. The molecule has 2 N–H and O–H groups in total. The Labute approximate surface area is 174 Å². The summed E-state index contributed by atoms with van der Waals surface area (Å²) >= 11 is 0. The van der Waals surface area contributed by atoms with Crippen LogP contribution in [0.2, 0.25) is 0 Å². The molecule has 2 aliphatic heterocycles. The number of amides is 1. The number of Topliss-reactive ketones (excluding diaryl/α,β-unsaturated/α-hetero) is 1. The van der Waals surface area contributed by atoms with Crippen LogP contribution >= 0.6 is 0 Å². The fourth-order valence-corrected chi connectivity index (χ4v) is 4.10. The Kier molecular flexibility index (Phi) is 5.65. The van der Waals surface area contributed by atoms with Gasteiger partial charge < -0.3 is 14.7 Å². The fraction of sp³-hybridized carbons (Fsp3) is 0.429. The van der Waals surface area contributed by atoms with Crippen LogP contribution in [0.15, 0.2) is 30.1 Å². The van der Waals surface area contributed by atoms with Crippen LogP contribution in [0, 0.1) is 13.8 Å². The van der Waals surface area contributed by atoms with Gasteiger partial charge in [0.15, 0.2) is 0 Å². The van der Waals surface area contributed by atoms with Gasteiger partial charge in [-0.15, -0.1) is 0 Å². The van der Waals surface area contributed by atoms with E-state index in [-0.39, 0.29) is 11.3 Å². The zero-order valence-corrected chi connectivity index (χ0v) is 17.1. The Balaban J connectivity index is 1.74. The minimum absolute atomic E-state index is 0.0718. The van der Waals surface area contributed by atoms with Crippen LogP contribution in [0.1, 0.15) is 28.6 Å². The van der Waals surface area contributed by atoms with E-state index in [1.165, 1.54) is 4.90 Å². The smallest absolute Gasteiger partial charge is 0.295 e. The molecule has 1 amide bonds. The molecule has 0 spiro atoms. The van der Waals surface area contributed by atoms with E-state index in [4.69, 9.17) is 4.74 Å². The highest BCUT2D eigenvalue weighted by Crippen LogP contribution is 2.39. The normalized spacial score (nSPS) is 22.1. The molecule has 0 unspecified atom stereocenters. The summed E-state index contributed by atoms with van der Waals surface area (Å²) in [6, 6.07) is 2.87. The van der Waals surface area contributed by atoms with Crippen LogP contribution in [-0.4, -0.2) is 81.2 Å². The largest absolute Gasteiger partial charge is 0.507 e. The topological polar surface area (TPSA) is 112 Å². The maximum atomic E-state index is 13.0. The summed E-state index contributed by atoms with van der Waals surface area (Å²) in [6.07, 6.45) is 3.26. The minimum atomic E-state index is -0.701. The van der Waals surface area contributed by atoms with Crippen molar-refractivity contribution in [3.05, 3.63) is 52.6 Å². The Hall–Kier alpha value is -3.04. The molecule has 158 valence electrons. The molecule has 1 atom stereocenters. The number of aryl methyl sites for hydroxylation is 2. The van der Waals surface area contributed by atoms with Crippen LogP contribution in [0.5, 0.6) is 0 Å². The molecule has 2 aromatic rings. The second-order valence-electron chi connectivity index (χ2n) is 7.54. The van der Waals surface area contributed by atoms with Gasteiger partial charge in [-0.3, -0.25) is 24.6 Å². The number of H-pyrrole nitrogens is 1. The number of nitrogens with one attached hydrogen (secondary N) is 1. The van der Waals surface area contributed by atoms with Gasteiger partial charge in [-0.05, 0) is 25.5 Å². The van der Waals surface area contributed by atoms with E-state index >= 15 is 0 Å². The second-order valence-corrected chi connectivity index (χ2v) is 7.54. The van der Waals surface area contributed by atoms with E-state index in [0.29, 0.717) is 48.8 Å².